The van der Waals surface area contributed by atoms with Crippen molar-refractivity contribution in [3.63, 3.8) is 0 Å². The highest BCUT2D eigenvalue weighted by Gasteiger charge is 2.17. The summed E-state index contributed by atoms with van der Waals surface area (Å²) < 4.78 is 5.29. The summed E-state index contributed by atoms with van der Waals surface area (Å²) in [4.78, 5) is 17.4. The molecule has 3 aromatic carbocycles. The van der Waals surface area contributed by atoms with Gasteiger partial charge in [-0.1, -0.05) is 41.6 Å². The number of nitriles is 1. The highest BCUT2D eigenvalue weighted by molar-refractivity contribution is 7.98. The predicted octanol–water partition coefficient (Wildman–Crippen LogP) is 6.24. The Morgan fingerprint density at radius 3 is 2.46 bits per heavy atom. The van der Waals surface area contributed by atoms with Gasteiger partial charge in [0.05, 0.1) is 29.6 Å². The number of para-hydroxylation sites is 2. The van der Waals surface area contributed by atoms with Gasteiger partial charge in [-0.3, -0.25) is 0 Å². The zero-order valence-electron chi connectivity index (χ0n) is 19.2. The van der Waals surface area contributed by atoms with Crippen molar-refractivity contribution in [2.45, 2.75) is 17.8 Å². The predicted molar refractivity (Wildman–Crippen MR) is 139 cm³/mol. The fourth-order valence-corrected chi connectivity index (χ4v) is 4.35. The minimum atomic E-state index is 0.379. The van der Waals surface area contributed by atoms with E-state index in [0.29, 0.717) is 28.0 Å². The minimum absolute atomic E-state index is 0.379. The molecule has 0 aliphatic rings. The van der Waals surface area contributed by atoms with Crippen LogP contribution < -0.4 is 10.1 Å². The lowest BCUT2D eigenvalue weighted by Crippen LogP contribution is -2.04. The largest absolute Gasteiger partial charge is 0.497 e. The van der Waals surface area contributed by atoms with E-state index in [1.165, 1.54) is 11.8 Å². The van der Waals surface area contributed by atoms with Crippen molar-refractivity contribution < 1.29 is 4.74 Å². The lowest BCUT2D eigenvalue weighted by molar-refractivity contribution is 0.415. The van der Waals surface area contributed by atoms with Crippen molar-refractivity contribution in [2.24, 2.45) is 0 Å². The minimum Gasteiger partial charge on any atom is -0.497 e. The first-order valence-electron chi connectivity index (χ1n) is 11.0. The SMILES string of the molecule is COc1ccc(-c2nc(SCc3nc4ccccc4[nH]3)nc(Nc3ccc(C)cc3)c2C#N)cc1. The van der Waals surface area contributed by atoms with Crippen LogP contribution in [0.25, 0.3) is 22.3 Å². The van der Waals surface area contributed by atoms with Crippen molar-refractivity contribution in [1.29, 1.82) is 5.26 Å². The molecule has 0 saturated heterocycles. The number of rotatable bonds is 7. The summed E-state index contributed by atoms with van der Waals surface area (Å²) in [6.45, 7) is 2.03. The Morgan fingerprint density at radius 2 is 1.74 bits per heavy atom. The maximum Gasteiger partial charge on any atom is 0.190 e. The Labute approximate surface area is 207 Å². The summed E-state index contributed by atoms with van der Waals surface area (Å²) in [5.41, 5.74) is 5.66. The molecule has 0 radical (unpaired) electrons. The van der Waals surface area contributed by atoms with Crippen molar-refractivity contribution in [3.05, 3.63) is 89.7 Å². The third-order valence-corrected chi connectivity index (χ3v) is 6.31. The monoisotopic (exact) mass is 478 g/mol. The Morgan fingerprint density at radius 1 is 0.971 bits per heavy atom. The standard InChI is InChI=1S/C27H22N6OS/c1-17-7-11-19(12-8-17)29-26-21(15-28)25(18-9-13-20(34-2)14-10-18)32-27(33-26)35-16-24-30-22-5-3-4-6-23(22)31-24/h3-14H,16H2,1-2H3,(H,30,31)(H,29,32,33). The average Bonchev–Trinajstić information content (AvgIpc) is 3.32. The molecule has 5 rings (SSSR count). The molecule has 0 aliphatic heterocycles. The number of anilines is 2. The lowest BCUT2D eigenvalue weighted by Gasteiger charge is -2.13. The van der Waals surface area contributed by atoms with E-state index in [4.69, 9.17) is 14.7 Å². The smallest absolute Gasteiger partial charge is 0.190 e. The Kier molecular flexibility index (Phi) is 6.33. The Hall–Kier alpha value is -4.35. The molecule has 5 aromatic rings. The van der Waals surface area contributed by atoms with Crippen LogP contribution >= 0.6 is 11.8 Å². The molecule has 2 N–H and O–H groups in total. The van der Waals surface area contributed by atoms with Gasteiger partial charge in [-0.05, 0) is 55.5 Å². The average molecular weight is 479 g/mol. The molecule has 0 saturated carbocycles. The summed E-state index contributed by atoms with van der Waals surface area (Å²) in [6, 6.07) is 25.7. The number of methoxy groups -OCH3 is 1. The number of aryl methyl sites for hydroxylation is 1. The van der Waals surface area contributed by atoms with Gasteiger partial charge in [0.1, 0.15) is 23.2 Å². The molecule has 172 valence electrons. The number of thioether (sulfide) groups is 1. The van der Waals surface area contributed by atoms with Gasteiger partial charge in [-0.2, -0.15) is 5.26 Å². The maximum absolute atomic E-state index is 10.0. The van der Waals surface area contributed by atoms with E-state index in [2.05, 4.69) is 21.4 Å². The van der Waals surface area contributed by atoms with Crippen LogP contribution in [0.5, 0.6) is 5.75 Å². The molecule has 0 spiro atoms. The van der Waals surface area contributed by atoms with Crippen LogP contribution in [0.15, 0.2) is 78.0 Å². The van der Waals surface area contributed by atoms with Crippen LogP contribution in [0.3, 0.4) is 0 Å². The second-order valence-corrected chi connectivity index (χ2v) is 8.84. The van der Waals surface area contributed by atoms with E-state index in [1.54, 1.807) is 7.11 Å². The first-order valence-corrected chi connectivity index (χ1v) is 12.0. The molecule has 8 heteroatoms. The van der Waals surface area contributed by atoms with Crippen molar-refractivity contribution in [2.75, 3.05) is 12.4 Å². The van der Waals surface area contributed by atoms with Crippen molar-refractivity contribution in [1.82, 2.24) is 19.9 Å². The van der Waals surface area contributed by atoms with Gasteiger partial charge < -0.3 is 15.0 Å². The van der Waals surface area contributed by atoms with Gasteiger partial charge >= 0.3 is 0 Å². The first-order chi connectivity index (χ1) is 17.1. The van der Waals surface area contributed by atoms with E-state index in [0.717, 1.165) is 39.4 Å². The number of hydrogen-bond acceptors (Lipinski definition) is 7. The van der Waals surface area contributed by atoms with Gasteiger partial charge in [0.2, 0.25) is 0 Å². The highest BCUT2D eigenvalue weighted by atomic mass is 32.2. The Bertz CT molecular complexity index is 1490. The molecule has 0 fully saturated rings. The van der Waals surface area contributed by atoms with Gasteiger partial charge in [0.25, 0.3) is 0 Å². The van der Waals surface area contributed by atoms with Crippen LogP contribution in [0.1, 0.15) is 17.0 Å². The van der Waals surface area contributed by atoms with Gasteiger partial charge in [0.15, 0.2) is 11.0 Å². The number of fused-ring (bicyclic) bond motifs is 1. The normalized spacial score (nSPS) is 10.8. The van der Waals surface area contributed by atoms with E-state index >= 15 is 0 Å². The molecular weight excluding hydrogens is 456 g/mol. The number of nitrogens with zero attached hydrogens (tertiary/aromatic N) is 4. The van der Waals surface area contributed by atoms with Crippen LogP contribution in [0.4, 0.5) is 11.5 Å². The number of H-pyrrole nitrogens is 1. The molecule has 0 bridgehead atoms. The Balaban J connectivity index is 1.52. The van der Waals surface area contributed by atoms with Crippen LogP contribution in [-0.2, 0) is 5.75 Å². The number of aromatic amines is 1. The second-order valence-electron chi connectivity index (χ2n) is 7.90. The van der Waals surface area contributed by atoms with E-state index in [9.17, 15) is 5.26 Å². The second kappa shape index (κ2) is 9.87. The highest BCUT2D eigenvalue weighted by Crippen LogP contribution is 2.32. The summed E-state index contributed by atoms with van der Waals surface area (Å²) in [7, 11) is 1.62. The zero-order chi connectivity index (χ0) is 24.2. The number of imidazole rings is 1. The summed E-state index contributed by atoms with van der Waals surface area (Å²) in [5.74, 6) is 2.60. The van der Waals surface area contributed by atoms with Crippen molar-refractivity contribution in [3.8, 4) is 23.1 Å². The molecule has 0 aliphatic carbocycles. The number of hydrogen-bond donors (Lipinski definition) is 2. The topological polar surface area (TPSA) is 99.5 Å². The quantitative estimate of drug-likeness (QED) is 0.211. The fourth-order valence-electron chi connectivity index (χ4n) is 3.64. The summed E-state index contributed by atoms with van der Waals surface area (Å²) in [6.07, 6.45) is 0. The maximum atomic E-state index is 10.0. The number of ether oxygens (including phenoxy) is 1. The molecule has 2 heterocycles. The number of nitrogens with one attached hydrogen (secondary N) is 2. The fraction of sp³-hybridized carbons (Fsp3) is 0.111. The van der Waals surface area contributed by atoms with E-state index in [-0.39, 0.29) is 0 Å². The lowest BCUT2D eigenvalue weighted by atomic mass is 10.1. The number of aromatic nitrogens is 4. The van der Waals surface area contributed by atoms with Crippen molar-refractivity contribution >= 4 is 34.3 Å². The third-order valence-electron chi connectivity index (χ3n) is 5.45. The molecule has 0 atom stereocenters. The molecule has 0 amide bonds. The summed E-state index contributed by atoms with van der Waals surface area (Å²) in [5, 5.41) is 13.9. The van der Waals surface area contributed by atoms with Crippen LogP contribution in [0.2, 0.25) is 0 Å². The molecular formula is C27H22N6OS. The number of benzene rings is 3. The van der Waals surface area contributed by atoms with Crippen LogP contribution in [0, 0.1) is 18.3 Å². The van der Waals surface area contributed by atoms with Crippen LogP contribution in [-0.4, -0.2) is 27.0 Å². The molecule has 7 nitrogen and oxygen atoms in total. The van der Waals surface area contributed by atoms with E-state index < -0.39 is 0 Å². The van der Waals surface area contributed by atoms with Gasteiger partial charge in [-0.15, -0.1) is 0 Å². The van der Waals surface area contributed by atoms with Gasteiger partial charge in [-0.25, -0.2) is 15.0 Å². The first kappa shape index (κ1) is 22.4. The molecule has 35 heavy (non-hydrogen) atoms. The molecule has 2 aromatic heterocycles. The third kappa shape index (κ3) is 4.95. The van der Waals surface area contributed by atoms with E-state index in [1.807, 2.05) is 79.7 Å². The molecule has 0 unspecified atom stereocenters. The van der Waals surface area contributed by atoms with Gasteiger partial charge in [0, 0.05) is 11.3 Å². The zero-order valence-corrected chi connectivity index (χ0v) is 20.1. The summed E-state index contributed by atoms with van der Waals surface area (Å²) >= 11 is 1.46.